The number of aryl methyl sites for hydroxylation is 2. The molecular formula is C25H26N5O. The number of benzene rings is 2. The van der Waals surface area contributed by atoms with Gasteiger partial charge in [-0.1, -0.05) is 26.0 Å². The monoisotopic (exact) mass is 412 g/mol. The van der Waals surface area contributed by atoms with Gasteiger partial charge in [-0.3, -0.25) is 0 Å². The van der Waals surface area contributed by atoms with Crippen molar-refractivity contribution < 1.29 is 4.74 Å². The van der Waals surface area contributed by atoms with Crippen molar-refractivity contribution in [2.75, 3.05) is 18.1 Å². The largest absolute Gasteiger partial charge is 0.491 e. The van der Waals surface area contributed by atoms with Crippen LogP contribution < -0.4 is 9.64 Å². The molecule has 4 aromatic rings. The third-order valence-electron chi connectivity index (χ3n) is 5.86. The first-order valence-corrected chi connectivity index (χ1v) is 10.7. The molecule has 0 unspecified atom stereocenters. The third-order valence-corrected chi connectivity index (χ3v) is 5.86. The normalized spacial score (nSPS) is 13.9. The zero-order valence-corrected chi connectivity index (χ0v) is 18.4. The van der Waals surface area contributed by atoms with Crippen LogP contribution in [0.1, 0.15) is 42.4 Å². The number of hydrogen-bond donors (Lipinski definition) is 1. The van der Waals surface area contributed by atoms with E-state index in [1.54, 1.807) is 0 Å². The zero-order chi connectivity index (χ0) is 21.5. The van der Waals surface area contributed by atoms with Crippen LogP contribution in [0.3, 0.4) is 0 Å². The Morgan fingerprint density at radius 3 is 2.71 bits per heavy atom. The highest BCUT2D eigenvalue weighted by atomic mass is 16.5. The van der Waals surface area contributed by atoms with Crippen LogP contribution in [0.5, 0.6) is 5.75 Å². The lowest BCUT2D eigenvalue weighted by Gasteiger charge is -2.25. The molecule has 1 aliphatic rings. The van der Waals surface area contributed by atoms with Gasteiger partial charge in [-0.2, -0.15) is 0 Å². The second-order valence-corrected chi connectivity index (χ2v) is 8.45. The molecule has 0 saturated heterocycles. The van der Waals surface area contributed by atoms with Crippen molar-refractivity contribution in [3.8, 4) is 16.9 Å². The molecule has 0 bridgehead atoms. The van der Waals surface area contributed by atoms with E-state index in [2.05, 4.69) is 81.4 Å². The van der Waals surface area contributed by atoms with Crippen LogP contribution in [0.4, 0.5) is 5.82 Å². The fraction of sp³-hybridized carbons (Fsp3) is 0.320. The predicted molar refractivity (Wildman–Crippen MR) is 123 cm³/mol. The molecule has 0 amide bonds. The van der Waals surface area contributed by atoms with Crippen LogP contribution in [0.2, 0.25) is 0 Å². The molecule has 0 fully saturated rings. The van der Waals surface area contributed by atoms with Crippen molar-refractivity contribution in [3.63, 3.8) is 0 Å². The summed E-state index contributed by atoms with van der Waals surface area (Å²) in [4.78, 5) is 19.0. The van der Waals surface area contributed by atoms with E-state index in [1.165, 1.54) is 5.56 Å². The number of rotatable bonds is 3. The molecule has 6 heteroatoms. The summed E-state index contributed by atoms with van der Waals surface area (Å²) >= 11 is 0. The number of aromatic nitrogens is 4. The third kappa shape index (κ3) is 3.63. The fourth-order valence-electron chi connectivity index (χ4n) is 4.41. The SMILES string of the molecule is Cc1nc2cc(-c3ccc4c(c3)CN(c3n[c]nc(C)c3C(C)C)CCO4)ccc2[nH]1. The average Bonchev–Trinajstić information content (AvgIpc) is 2.98. The summed E-state index contributed by atoms with van der Waals surface area (Å²) in [6.45, 7) is 10.5. The van der Waals surface area contributed by atoms with Gasteiger partial charge in [-0.15, -0.1) is 0 Å². The standard InChI is InChI=1S/C25H26N5O/c1-15(2)24-16(3)26-14-27-25(24)30-9-10-31-23-8-6-18(11-20(23)13-30)19-5-7-21-22(12-19)29-17(4)28-21/h5-8,11-12,15H,9-10,13H2,1-4H3,(H,28,29). The summed E-state index contributed by atoms with van der Waals surface area (Å²) in [6.07, 6.45) is 2.83. The number of fused-ring (bicyclic) bond motifs is 2. The highest BCUT2D eigenvalue weighted by Gasteiger charge is 2.22. The molecule has 6 nitrogen and oxygen atoms in total. The summed E-state index contributed by atoms with van der Waals surface area (Å²) in [5.41, 5.74) is 7.66. The van der Waals surface area contributed by atoms with Crippen molar-refractivity contribution in [1.29, 1.82) is 0 Å². The molecule has 0 saturated carbocycles. The minimum atomic E-state index is 0.337. The van der Waals surface area contributed by atoms with Gasteiger partial charge in [0.25, 0.3) is 0 Å². The highest BCUT2D eigenvalue weighted by Crippen LogP contribution is 2.34. The van der Waals surface area contributed by atoms with Gasteiger partial charge in [0.1, 0.15) is 24.0 Å². The first-order chi connectivity index (χ1) is 15.0. The van der Waals surface area contributed by atoms with Crippen LogP contribution in [0.15, 0.2) is 36.4 Å². The van der Waals surface area contributed by atoms with Gasteiger partial charge >= 0.3 is 0 Å². The molecule has 2 aromatic carbocycles. The molecule has 0 aliphatic carbocycles. The van der Waals surface area contributed by atoms with E-state index in [9.17, 15) is 0 Å². The van der Waals surface area contributed by atoms with E-state index < -0.39 is 0 Å². The maximum absolute atomic E-state index is 6.08. The number of aromatic amines is 1. The average molecular weight is 413 g/mol. The predicted octanol–water partition coefficient (Wildman–Crippen LogP) is 4.96. The topological polar surface area (TPSA) is 66.9 Å². The Morgan fingerprint density at radius 2 is 1.87 bits per heavy atom. The lowest BCUT2D eigenvalue weighted by Crippen LogP contribution is -2.28. The number of nitrogens with zero attached hydrogens (tertiary/aromatic N) is 4. The number of hydrogen-bond acceptors (Lipinski definition) is 5. The molecule has 31 heavy (non-hydrogen) atoms. The van der Waals surface area contributed by atoms with E-state index in [0.29, 0.717) is 12.5 Å². The molecule has 1 radical (unpaired) electrons. The Bertz CT molecular complexity index is 1260. The number of anilines is 1. The zero-order valence-electron chi connectivity index (χ0n) is 18.4. The molecule has 0 spiro atoms. The van der Waals surface area contributed by atoms with Gasteiger partial charge in [0.2, 0.25) is 0 Å². The summed E-state index contributed by atoms with van der Waals surface area (Å²) < 4.78 is 6.08. The highest BCUT2D eigenvalue weighted by molar-refractivity contribution is 5.82. The van der Waals surface area contributed by atoms with Gasteiger partial charge in [-0.05, 0) is 55.2 Å². The summed E-state index contributed by atoms with van der Waals surface area (Å²) in [6, 6.07) is 12.8. The Hall–Kier alpha value is -3.41. The maximum atomic E-state index is 6.08. The molecule has 1 aliphatic heterocycles. The molecule has 1 N–H and O–H groups in total. The van der Waals surface area contributed by atoms with Gasteiger partial charge < -0.3 is 14.6 Å². The summed E-state index contributed by atoms with van der Waals surface area (Å²) in [5.74, 6) is 3.15. The molecule has 157 valence electrons. The molecule has 3 heterocycles. The lowest BCUT2D eigenvalue weighted by molar-refractivity contribution is 0.331. The van der Waals surface area contributed by atoms with Crippen LogP contribution >= 0.6 is 0 Å². The van der Waals surface area contributed by atoms with E-state index in [0.717, 1.165) is 63.9 Å². The van der Waals surface area contributed by atoms with Crippen molar-refractivity contribution in [1.82, 2.24) is 19.9 Å². The number of imidazole rings is 1. The number of ether oxygens (including phenoxy) is 1. The van der Waals surface area contributed by atoms with Crippen LogP contribution in [0.25, 0.3) is 22.2 Å². The van der Waals surface area contributed by atoms with E-state index in [-0.39, 0.29) is 0 Å². The molecule has 2 aromatic heterocycles. The van der Waals surface area contributed by atoms with Crippen molar-refractivity contribution >= 4 is 16.9 Å². The lowest BCUT2D eigenvalue weighted by atomic mass is 10.0. The number of nitrogens with one attached hydrogen (secondary N) is 1. The molecule has 5 rings (SSSR count). The number of H-pyrrole nitrogens is 1. The van der Waals surface area contributed by atoms with Crippen molar-refractivity contribution in [2.45, 2.75) is 40.2 Å². The Balaban J connectivity index is 1.53. The Kier molecular flexibility index (Phi) is 4.85. The summed E-state index contributed by atoms with van der Waals surface area (Å²) in [7, 11) is 0. The Labute approximate surface area is 182 Å². The van der Waals surface area contributed by atoms with Gasteiger partial charge in [-0.25, -0.2) is 15.0 Å². The first kappa shape index (κ1) is 19.5. The van der Waals surface area contributed by atoms with E-state index >= 15 is 0 Å². The second-order valence-electron chi connectivity index (χ2n) is 8.45. The summed E-state index contributed by atoms with van der Waals surface area (Å²) in [5, 5.41) is 0. The fourth-order valence-corrected chi connectivity index (χ4v) is 4.41. The minimum absolute atomic E-state index is 0.337. The minimum Gasteiger partial charge on any atom is -0.491 e. The smallest absolute Gasteiger partial charge is 0.200 e. The maximum Gasteiger partial charge on any atom is 0.200 e. The van der Waals surface area contributed by atoms with E-state index in [1.807, 2.05) is 13.8 Å². The van der Waals surface area contributed by atoms with Crippen LogP contribution in [-0.2, 0) is 6.54 Å². The van der Waals surface area contributed by atoms with Crippen LogP contribution in [0, 0.1) is 20.2 Å². The van der Waals surface area contributed by atoms with Gasteiger partial charge in [0, 0.05) is 23.4 Å². The molecule has 0 atom stereocenters. The Morgan fingerprint density at radius 1 is 1.06 bits per heavy atom. The van der Waals surface area contributed by atoms with Gasteiger partial charge in [0.05, 0.1) is 17.6 Å². The first-order valence-electron chi connectivity index (χ1n) is 10.7. The second kappa shape index (κ2) is 7.69. The van der Waals surface area contributed by atoms with Gasteiger partial charge in [0.15, 0.2) is 6.33 Å². The van der Waals surface area contributed by atoms with E-state index in [4.69, 9.17) is 4.74 Å². The van der Waals surface area contributed by atoms with Crippen LogP contribution in [-0.4, -0.2) is 33.1 Å². The van der Waals surface area contributed by atoms with Crippen molar-refractivity contribution in [3.05, 3.63) is 65.4 Å². The van der Waals surface area contributed by atoms with Crippen molar-refractivity contribution in [2.24, 2.45) is 0 Å². The molecular weight excluding hydrogens is 386 g/mol. The quantitative estimate of drug-likeness (QED) is 0.515.